The molecule has 116 valence electrons. The number of aryl methyl sites for hydroxylation is 1. The molecule has 1 heterocycles. The summed E-state index contributed by atoms with van der Waals surface area (Å²) in [6, 6.07) is 6.84. The minimum Gasteiger partial charge on any atom is -0.497 e. The number of ether oxygens (including phenoxy) is 1. The molecular weight excluding hydrogens is 302 g/mol. The van der Waals surface area contributed by atoms with Crippen LogP contribution < -0.4 is 15.4 Å². The van der Waals surface area contributed by atoms with Gasteiger partial charge in [0.25, 0.3) is 5.91 Å². The maximum absolute atomic E-state index is 11.9. The molecular formula is C15H17N3O3S. The molecule has 0 unspecified atom stereocenters. The van der Waals surface area contributed by atoms with Crippen LogP contribution in [0.1, 0.15) is 22.5 Å². The molecule has 6 nitrogen and oxygen atoms in total. The molecule has 0 bridgehead atoms. The molecule has 0 spiro atoms. The first-order valence-electron chi connectivity index (χ1n) is 6.72. The second-order valence-electron chi connectivity index (χ2n) is 4.58. The first-order chi connectivity index (χ1) is 10.6. The van der Waals surface area contributed by atoms with Gasteiger partial charge in [-0.3, -0.25) is 9.59 Å². The Morgan fingerprint density at radius 2 is 2.18 bits per heavy atom. The number of anilines is 1. The van der Waals surface area contributed by atoms with Gasteiger partial charge in [-0.1, -0.05) is 6.07 Å². The lowest BCUT2D eigenvalue weighted by atomic mass is 10.2. The monoisotopic (exact) mass is 319 g/mol. The van der Waals surface area contributed by atoms with Crippen LogP contribution in [0.4, 0.5) is 5.13 Å². The van der Waals surface area contributed by atoms with E-state index < -0.39 is 0 Å². The van der Waals surface area contributed by atoms with Crippen molar-refractivity contribution in [1.82, 2.24) is 10.3 Å². The van der Waals surface area contributed by atoms with E-state index in [1.165, 1.54) is 11.3 Å². The highest BCUT2D eigenvalue weighted by Gasteiger charge is 2.08. The molecule has 2 N–H and O–H groups in total. The quantitative estimate of drug-likeness (QED) is 0.855. The third-order valence-electron chi connectivity index (χ3n) is 2.83. The molecule has 1 aromatic heterocycles. The molecule has 2 aromatic rings. The molecule has 0 aliphatic rings. The number of nitrogens with zero attached hydrogens (tertiary/aromatic N) is 1. The van der Waals surface area contributed by atoms with Gasteiger partial charge < -0.3 is 15.4 Å². The first kappa shape index (κ1) is 16.0. The van der Waals surface area contributed by atoms with Gasteiger partial charge in [-0.05, 0) is 25.1 Å². The zero-order valence-electron chi connectivity index (χ0n) is 12.4. The lowest BCUT2D eigenvalue weighted by Gasteiger charge is -2.06. The summed E-state index contributed by atoms with van der Waals surface area (Å²) in [5, 5.41) is 7.82. The molecule has 0 fully saturated rings. The fourth-order valence-corrected chi connectivity index (χ4v) is 2.45. The number of carbonyl (C=O) groups is 2. The van der Waals surface area contributed by atoms with Gasteiger partial charge >= 0.3 is 0 Å². The Kier molecular flexibility index (Phi) is 5.48. The largest absolute Gasteiger partial charge is 0.497 e. The van der Waals surface area contributed by atoms with Gasteiger partial charge in [-0.15, -0.1) is 11.3 Å². The number of aromatic nitrogens is 1. The molecule has 0 aliphatic heterocycles. The van der Waals surface area contributed by atoms with Crippen molar-refractivity contribution in [1.29, 1.82) is 0 Å². The molecule has 0 saturated carbocycles. The van der Waals surface area contributed by atoms with Crippen LogP contribution >= 0.6 is 11.3 Å². The summed E-state index contributed by atoms with van der Waals surface area (Å²) < 4.78 is 5.07. The van der Waals surface area contributed by atoms with Crippen molar-refractivity contribution in [2.75, 3.05) is 19.0 Å². The van der Waals surface area contributed by atoms with Crippen LogP contribution in [0.5, 0.6) is 5.75 Å². The minimum absolute atomic E-state index is 0.180. The van der Waals surface area contributed by atoms with Gasteiger partial charge in [-0.25, -0.2) is 4.98 Å². The Morgan fingerprint density at radius 1 is 1.36 bits per heavy atom. The molecule has 0 saturated heterocycles. The number of carbonyl (C=O) groups excluding carboxylic acids is 2. The Hall–Kier alpha value is -2.41. The number of nitrogens with one attached hydrogen (secondary N) is 2. The topological polar surface area (TPSA) is 80.3 Å². The predicted molar refractivity (Wildman–Crippen MR) is 85.4 cm³/mol. The summed E-state index contributed by atoms with van der Waals surface area (Å²) in [4.78, 5) is 27.8. The minimum atomic E-state index is -0.239. The van der Waals surface area contributed by atoms with Crippen LogP contribution in [0.3, 0.4) is 0 Å². The van der Waals surface area contributed by atoms with Crippen molar-refractivity contribution in [3.8, 4) is 5.75 Å². The Balaban J connectivity index is 1.77. The Labute approximate surface area is 132 Å². The summed E-state index contributed by atoms with van der Waals surface area (Å²) in [5.41, 5.74) is 1.36. The van der Waals surface area contributed by atoms with Crippen molar-refractivity contribution in [3.05, 3.63) is 40.9 Å². The maximum atomic E-state index is 11.9. The zero-order valence-corrected chi connectivity index (χ0v) is 13.2. The average molecular weight is 319 g/mol. The summed E-state index contributed by atoms with van der Waals surface area (Å²) in [6.45, 7) is 2.12. The van der Waals surface area contributed by atoms with E-state index >= 15 is 0 Å². The molecule has 0 aliphatic carbocycles. The highest BCUT2D eigenvalue weighted by molar-refractivity contribution is 7.13. The van der Waals surface area contributed by atoms with Gasteiger partial charge in [-0.2, -0.15) is 0 Å². The lowest BCUT2D eigenvalue weighted by Crippen LogP contribution is -2.27. The third kappa shape index (κ3) is 4.56. The standard InChI is InChI=1S/C15H17N3O3S/c1-10-9-22-15(17-10)18-13(19)6-7-16-14(20)11-4-3-5-12(8-11)21-2/h3-5,8-9H,6-7H2,1-2H3,(H,16,20)(H,17,18,19). The van der Waals surface area contributed by atoms with Gasteiger partial charge in [0.1, 0.15) is 5.75 Å². The van der Waals surface area contributed by atoms with E-state index in [0.717, 1.165) is 5.69 Å². The normalized spacial score (nSPS) is 10.1. The second kappa shape index (κ2) is 7.56. The highest BCUT2D eigenvalue weighted by Crippen LogP contribution is 2.14. The van der Waals surface area contributed by atoms with E-state index in [2.05, 4.69) is 15.6 Å². The zero-order chi connectivity index (χ0) is 15.9. The van der Waals surface area contributed by atoms with Crippen LogP contribution in [0.2, 0.25) is 0 Å². The van der Waals surface area contributed by atoms with Crippen molar-refractivity contribution in [2.24, 2.45) is 0 Å². The molecule has 0 atom stereocenters. The molecule has 1 aromatic carbocycles. The van der Waals surface area contributed by atoms with Crippen LogP contribution in [0.15, 0.2) is 29.6 Å². The molecule has 2 rings (SSSR count). The number of benzene rings is 1. The van der Waals surface area contributed by atoms with Crippen LogP contribution in [0, 0.1) is 6.92 Å². The first-order valence-corrected chi connectivity index (χ1v) is 7.60. The predicted octanol–water partition coefficient (Wildman–Crippen LogP) is 2.22. The van der Waals surface area contributed by atoms with Crippen molar-refractivity contribution in [3.63, 3.8) is 0 Å². The van der Waals surface area contributed by atoms with Crippen LogP contribution in [-0.2, 0) is 4.79 Å². The molecule has 0 radical (unpaired) electrons. The van der Waals surface area contributed by atoms with E-state index in [0.29, 0.717) is 16.4 Å². The average Bonchev–Trinajstić information content (AvgIpc) is 2.92. The van der Waals surface area contributed by atoms with Gasteiger partial charge in [0.15, 0.2) is 5.13 Å². The van der Waals surface area contributed by atoms with Crippen molar-refractivity contribution in [2.45, 2.75) is 13.3 Å². The van der Waals surface area contributed by atoms with Crippen molar-refractivity contribution >= 4 is 28.3 Å². The molecule has 22 heavy (non-hydrogen) atoms. The number of hydrogen-bond acceptors (Lipinski definition) is 5. The van der Waals surface area contributed by atoms with Gasteiger partial charge in [0.05, 0.1) is 12.8 Å². The summed E-state index contributed by atoms with van der Waals surface area (Å²) in [6.07, 6.45) is 0.189. The van der Waals surface area contributed by atoms with E-state index in [1.807, 2.05) is 12.3 Å². The number of methoxy groups -OCH3 is 1. The van der Waals surface area contributed by atoms with Crippen molar-refractivity contribution < 1.29 is 14.3 Å². The number of hydrogen-bond donors (Lipinski definition) is 2. The van der Waals surface area contributed by atoms with Crippen LogP contribution in [-0.4, -0.2) is 30.5 Å². The van der Waals surface area contributed by atoms with E-state index in [-0.39, 0.29) is 24.8 Å². The SMILES string of the molecule is COc1cccc(C(=O)NCCC(=O)Nc2nc(C)cs2)c1. The number of thiazole rings is 1. The Bertz CT molecular complexity index is 670. The lowest BCUT2D eigenvalue weighted by molar-refractivity contribution is -0.116. The third-order valence-corrected chi connectivity index (χ3v) is 3.71. The summed E-state index contributed by atoms with van der Waals surface area (Å²) in [7, 11) is 1.54. The summed E-state index contributed by atoms with van der Waals surface area (Å²) in [5.74, 6) is 0.196. The number of amides is 2. The fraction of sp³-hybridized carbons (Fsp3) is 0.267. The van der Waals surface area contributed by atoms with E-state index in [9.17, 15) is 9.59 Å². The maximum Gasteiger partial charge on any atom is 0.251 e. The smallest absolute Gasteiger partial charge is 0.251 e. The molecule has 2 amide bonds. The molecule has 7 heteroatoms. The second-order valence-corrected chi connectivity index (χ2v) is 5.44. The van der Waals surface area contributed by atoms with Gasteiger partial charge in [0, 0.05) is 23.9 Å². The van der Waals surface area contributed by atoms with E-state index in [4.69, 9.17) is 4.74 Å². The van der Waals surface area contributed by atoms with E-state index in [1.54, 1.807) is 31.4 Å². The van der Waals surface area contributed by atoms with Crippen LogP contribution in [0.25, 0.3) is 0 Å². The summed E-state index contributed by atoms with van der Waals surface area (Å²) >= 11 is 1.37. The highest BCUT2D eigenvalue weighted by atomic mass is 32.1. The number of rotatable bonds is 6. The van der Waals surface area contributed by atoms with Gasteiger partial charge in [0.2, 0.25) is 5.91 Å². The fourth-order valence-electron chi connectivity index (χ4n) is 1.75. The Morgan fingerprint density at radius 3 is 2.86 bits per heavy atom.